The lowest BCUT2D eigenvalue weighted by Gasteiger charge is -2.28. The third-order valence-electron chi connectivity index (χ3n) is 5.95. The standard InChI is InChI=1S/C23H31N6O7P/c1-14(2)35-22(31)15(3)28-37(32,36-16-8-6-5-7-9-16)34-11-17-19(30)23(4,12-33-17)18-10-25-21-20(24)26-13-27-29(18)21/h5-10,13-15,17,19,30H,11-12H2,1-4H3,(H,28,32)(H2,24,26,27)/t15-,17+,19+,23+,37?/m0/s1. The predicted molar refractivity (Wildman–Crippen MR) is 133 cm³/mol. The molecular weight excluding hydrogens is 503 g/mol. The Morgan fingerprint density at radius 1 is 1.32 bits per heavy atom. The van der Waals surface area contributed by atoms with Crippen LogP contribution in [-0.4, -0.2) is 68.2 Å². The van der Waals surface area contributed by atoms with E-state index in [1.165, 1.54) is 17.8 Å². The minimum absolute atomic E-state index is 0.105. The van der Waals surface area contributed by atoms with Crippen molar-refractivity contribution in [1.29, 1.82) is 0 Å². The number of esters is 1. The van der Waals surface area contributed by atoms with E-state index in [-0.39, 0.29) is 30.9 Å². The van der Waals surface area contributed by atoms with Gasteiger partial charge in [0.2, 0.25) is 0 Å². The number of fused-ring (bicyclic) bond motifs is 1. The van der Waals surface area contributed by atoms with Gasteiger partial charge in [-0.15, -0.1) is 0 Å². The van der Waals surface area contributed by atoms with Gasteiger partial charge in [0.1, 0.15) is 24.2 Å². The summed E-state index contributed by atoms with van der Waals surface area (Å²) in [7, 11) is -4.12. The Balaban J connectivity index is 1.51. The zero-order valence-corrected chi connectivity index (χ0v) is 21.9. The van der Waals surface area contributed by atoms with E-state index in [1.807, 2.05) is 0 Å². The molecule has 1 aliphatic rings. The molecule has 0 amide bonds. The highest BCUT2D eigenvalue weighted by Gasteiger charge is 2.50. The van der Waals surface area contributed by atoms with Crippen LogP contribution in [0.4, 0.5) is 5.82 Å². The van der Waals surface area contributed by atoms with E-state index in [4.69, 9.17) is 24.3 Å². The highest BCUT2D eigenvalue weighted by Crippen LogP contribution is 2.46. The molecule has 1 unspecified atom stereocenters. The van der Waals surface area contributed by atoms with E-state index in [0.29, 0.717) is 11.3 Å². The zero-order valence-electron chi connectivity index (χ0n) is 21.0. The van der Waals surface area contributed by atoms with Crippen LogP contribution in [0.1, 0.15) is 33.4 Å². The van der Waals surface area contributed by atoms with Gasteiger partial charge >= 0.3 is 13.7 Å². The van der Waals surface area contributed by atoms with Crippen molar-refractivity contribution in [3.05, 3.63) is 48.5 Å². The first-order valence-corrected chi connectivity index (χ1v) is 13.3. The van der Waals surface area contributed by atoms with Crippen LogP contribution in [0.5, 0.6) is 5.75 Å². The number of nitrogens with zero attached hydrogens (tertiary/aromatic N) is 4. The van der Waals surface area contributed by atoms with Crippen molar-refractivity contribution in [2.24, 2.45) is 0 Å². The van der Waals surface area contributed by atoms with Crippen molar-refractivity contribution in [2.45, 2.75) is 57.5 Å². The van der Waals surface area contributed by atoms with Crippen LogP contribution in [0.2, 0.25) is 0 Å². The molecule has 13 nitrogen and oxygen atoms in total. The van der Waals surface area contributed by atoms with E-state index in [2.05, 4.69) is 20.2 Å². The van der Waals surface area contributed by atoms with Crippen LogP contribution in [-0.2, 0) is 28.8 Å². The molecule has 1 saturated heterocycles. The van der Waals surface area contributed by atoms with E-state index >= 15 is 0 Å². The maximum absolute atomic E-state index is 13.7. The molecule has 0 bridgehead atoms. The van der Waals surface area contributed by atoms with E-state index in [9.17, 15) is 14.5 Å². The van der Waals surface area contributed by atoms with Crippen molar-refractivity contribution < 1.29 is 33.0 Å². The lowest BCUT2D eigenvalue weighted by Crippen LogP contribution is -2.42. The average Bonchev–Trinajstić information content (AvgIpc) is 3.41. The molecule has 1 aromatic carbocycles. The van der Waals surface area contributed by atoms with Crippen molar-refractivity contribution in [3.8, 4) is 5.75 Å². The first-order valence-electron chi connectivity index (χ1n) is 11.7. The fourth-order valence-corrected chi connectivity index (χ4v) is 5.46. The van der Waals surface area contributed by atoms with Gasteiger partial charge in [-0.2, -0.15) is 10.2 Å². The third kappa shape index (κ3) is 5.76. The molecule has 4 rings (SSSR count). The summed E-state index contributed by atoms with van der Waals surface area (Å²) >= 11 is 0. The van der Waals surface area contributed by atoms with Gasteiger partial charge in [0, 0.05) is 0 Å². The number of carbonyl (C=O) groups is 1. The number of anilines is 1. The number of nitrogen functional groups attached to an aromatic ring is 1. The Hall–Kier alpha value is -3.09. The molecule has 0 aliphatic carbocycles. The number of para-hydroxylation sites is 1. The minimum Gasteiger partial charge on any atom is -0.462 e. The van der Waals surface area contributed by atoms with Crippen LogP contribution >= 0.6 is 7.75 Å². The van der Waals surface area contributed by atoms with Crippen molar-refractivity contribution in [3.63, 3.8) is 0 Å². The van der Waals surface area contributed by atoms with E-state index in [1.54, 1.807) is 57.3 Å². The molecule has 14 heteroatoms. The Kier molecular flexibility index (Phi) is 7.81. The fourth-order valence-electron chi connectivity index (χ4n) is 3.96. The SMILES string of the molecule is CC(C)OC(=O)[C@H](C)NP(=O)(OC[C@H]1OC[C@](C)(c2cnc3c(N)ncnn23)[C@@H]1O)Oc1ccccc1. The summed E-state index contributed by atoms with van der Waals surface area (Å²) in [6.45, 7) is 6.51. The van der Waals surface area contributed by atoms with Gasteiger partial charge in [0.25, 0.3) is 0 Å². The summed E-state index contributed by atoms with van der Waals surface area (Å²) in [5.41, 5.74) is 5.88. The lowest BCUT2D eigenvalue weighted by atomic mass is 9.82. The summed E-state index contributed by atoms with van der Waals surface area (Å²) in [5.74, 6) is -0.147. The number of nitrogens with two attached hydrogens (primary N) is 1. The zero-order chi connectivity index (χ0) is 26.8. The van der Waals surface area contributed by atoms with Crippen LogP contribution < -0.4 is 15.3 Å². The van der Waals surface area contributed by atoms with Gasteiger partial charge in [-0.05, 0) is 39.8 Å². The molecule has 200 valence electrons. The summed E-state index contributed by atoms with van der Waals surface area (Å²) in [6.07, 6.45) is 0.545. The second kappa shape index (κ2) is 10.7. The van der Waals surface area contributed by atoms with Gasteiger partial charge in [-0.25, -0.2) is 19.0 Å². The monoisotopic (exact) mass is 534 g/mol. The first kappa shape index (κ1) is 27.0. The number of carbonyl (C=O) groups excluding carboxylic acids is 1. The fraction of sp³-hybridized carbons (Fsp3) is 0.478. The number of aliphatic hydroxyl groups is 1. The number of nitrogens with one attached hydrogen (secondary N) is 1. The van der Waals surface area contributed by atoms with Gasteiger partial charge < -0.3 is 24.8 Å². The Morgan fingerprint density at radius 3 is 2.76 bits per heavy atom. The summed E-state index contributed by atoms with van der Waals surface area (Å²) in [5, 5.41) is 18.0. The molecule has 5 atom stereocenters. The van der Waals surface area contributed by atoms with Gasteiger partial charge in [-0.3, -0.25) is 9.32 Å². The average molecular weight is 535 g/mol. The highest BCUT2D eigenvalue weighted by atomic mass is 31.2. The third-order valence-corrected chi connectivity index (χ3v) is 7.60. The second-order valence-electron chi connectivity index (χ2n) is 9.27. The molecule has 0 radical (unpaired) electrons. The second-order valence-corrected chi connectivity index (χ2v) is 11.0. The number of hydrogen-bond acceptors (Lipinski definition) is 11. The maximum atomic E-state index is 13.7. The molecule has 4 N–H and O–H groups in total. The van der Waals surface area contributed by atoms with Crippen molar-refractivity contribution in [2.75, 3.05) is 18.9 Å². The Bertz CT molecular complexity index is 1290. The van der Waals surface area contributed by atoms with Gasteiger partial charge in [-0.1, -0.05) is 18.2 Å². The smallest absolute Gasteiger partial charge is 0.459 e. The summed E-state index contributed by atoms with van der Waals surface area (Å²) in [6, 6.07) is 7.39. The number of aromatic nitrogens is 4. The molecule has 3 aromatic rings. The summed E-state index contributed by atoms with van der Waals surface area (Å²) in [4.78, 5) is 20.5. The Labute approximate surface area is 213 Å². The van der Waals surface area contributed by atoms with Crippen molar-refractivity contribution in [1.82, 2.24) is 24.7 Å². The number of rotatable bonds is 10. The lowest BCUT2D eigenvalue weighted by molar-refractivity contribution is -0.149. The molecule has 3 heterocycles. The van der Waals surface area contributed by atoms with Crippen molar-refractivity contribution >= 4 is 25.2 Å². The van der Waals surface area contributed by atoms with Crippen LogP contribution in [0.3, 0.4) is 0 Å². The van der Waals surface area contributed by atoms with Crippen LogP contribution in [0, 0.1) is 0 Å². The number of imidazole rings is 1. The molecule has 0 saturated carbocycles. The minimum atomic E-state index is -4.12. The van der Waals surface area contributed by atoms with Crippen LogP contribution in [0.15, 0.2) is 42.9 Å². The van der Waals surface area contributed by atoms with E-state index < -0.39 is 37.4 Å². The van der Waals surface area contributed by atoms with Crippen LogP contribution in [0.25, 0.3) is 5.65 Å². The number of hydrogen-bond donors (Lipinski definition) is 3. The van der Waals surface area contributed by atoms with E-state index in [0.717, 1.165) is 0 Å². The molecule has 1 aliphatic heterocycles. The Morgan fingerprint density at radius 2 is 2.05 bits per heavy atom. The summed E-state index contributed by atoms with van der Waals surface area (Å²) < 4.78 is 37.6. The molecule has 0 spiro atoms. The normalized spacial score (nSPS) is 24.2. The topological polar surface area (TPSA) is 172 Å². The quantitative estimate of drug-likeness (QED) is 0.255. The molecule has 37 heavy (non-hydrogen) atoms. The number of ether oxygens (including phenoxy) is 2. The molecule has 1 fully saturated rings. The largest absolute Gasteiger partial charge is 0.462 e. The predicted octanol–water partition coefficient (Wildman–Crippen LogP) is 1.86. The number of aliphatic hydroxyl groups excluding tert-OH is 1. The molecule has 2 aromatic heterocycles. The first-order chi connectivity index (χ1) is 17.5. The van der Waals surface area contributed by atoms with Gasteiger partial charge in [0.15, 0.2) is 11.5 Å². The molecular formula is C23H31N6O7P. The highest BCUT2D eigenvalue weighted by molar-refractivity contribution is 7.52. The van der Waals surface area contributed by atoms with Gasteiger partial charge in [0.05, 0.1) is 42.7 Å². The maximum Gasteiger partial charge on any atom is 0.459 e. The number of benzene rings is 1.